The lowest BCUT2D eigenvalue weighted by molar-refractivity contribution is 0.0694. The van der Waals surface area contributed by atoms with Crippen LogP contribution in [-0.4, -0.2) is 20.6 Å². The quantitative estimate of drug-likeness (QED) is 0.864. The highest BCUT2D eigenvalue weighted by Crippen LogP contribution is 2.17. The van der Waals surface area contributed by atoms with Crippen LogP contribution in [0.25, 0.3) is 5.69 Å². The number of rotatable bonds is 2. The molecule has 0 aliphatic heterocycles. The highest BCUT2D eigenvalue weighted by atomic mass is 79.9. The number of carbonyl (C=O) groups is 1. The summed E-state index contributed by atoms with van der Waals surface area (Å²) in [4.78, 5) is 35.5. The Morgan fingerprint density at radius 2 is 2.05 bits per heavy atom. The van der Waals surface area contributed by atoms with Crippen LogP contribution in [0, 0.1) is 5.82 Å². The number of benzene rings is 1. The molecular weight excluding hydrogens is 323 g/mol. The van der Waals surface area contributed by atoms with E-state index in [1.165, 1.54) is 12.1 Å². The summed E-state index contributed by atoms with van der Waals surface area (Å²) >= 11 is 2.96. The molecule has 0 radical (unpaired) electrons. The SMILES string of the molecule is O=C(O)c1cn(-c2ccc(Br)c(F)c2)c(=O)[nH]c1=O. The summed E-state index contributed by atoms with van der Waals surface area (Å²) in [6.45, 7) is 0. The first kappa shape index (κ1) is 13.2. The molecule has 0 spiro atoms. The predicted octanol–water partition coefficient (Wildman–Crippen LogP) is 1.13. The van der Waals surface area contributed by atoms with E-state index in [9.17, 15) is 18.8 Å². The maximum atomic E-state index is 13.4. The number of hydrogen-bond acceptors (Lipinski definition) is 3. The molecule has 1 heterocycles. The highest BCUT2D eigenvalue weighted by molar-refractivity contribution is 9.10. The summed E-state index contributed by atoms with van der Waals surface area (Å²) in [5, 5.41) is 8.81. The van der Waals surface area contributed by atoms with Crippen LogP contribution in [0.15, 0.2) is 38.5 Å². The van der Waals surface area contributed by atoms with Gasteiger partial charge in [-0.1, -0.05) is 0 Å². The molecule has 0 saturated carbocycles. The Balaban J connectivity index is 2.71. The number of hydrogen-bond donors (Lipinski definition) is 2. The van der Waals surface area contributed by atoms with Gasteiger partial charge in [0, 0.05) is 6.20 Å². The van der Waals surface area contributed by atoms with E-state index in [1.807, 2.05) is 4.98 Å². The van der Waals surface area contributed by atoms with E-state index in [4.69, 9.17) is 5.11 Å². The second kappa shape index (κ2) is 4.81. The Hall–Kier alpha value is -2.22. The molecule has 19 heavy (non-hydrogen) atoms. The van der Waals surface area contributed by atoms with Crippen LogP contribution in [0.1, 0.15) is 10.4 Å². The topological polar surface area (TPSA) is 92.2 Å². The first-order chi connectivity index (χ1) is 8.90. The smallest absolute Gasteiger partial charge is 0.342 e. The van der Waals surface area contributed by atoms with Crippen molar-refractivity contribution in [1.82, 2.24) is 9.55 Å². The minimum Gasteiger partial charge on any atom is -0.477 e. The lowest BCUT2D eigenvalue weighted by atomic mass is 10.3. The van der Waals surface area contributed by atoms with Crippen LogP contribution < -0.4 is 11.2 Å². The molecule has 0 aliphatic carbocycles. The van der Waals surface area contributed by atoms with E-state index in [1.54, 1.807) is 0 Å². The largest absolute Gasteiger partial charge is 0.477 e. The fourth-order valence-corrected chi connectivity index (χ4v) is 1.70. The summed E-state index contributed by atoms with van der Waals surface area (Å²) < 4.78 is 14.4. The van der Waals surface area contributed by atoms with Crippen molar-refractivity contribution in [2.45, 2.75) is 0 Å². The van der Waals surface area contributed by atoms with Crippen molar-refractivity contribution >= 4 is 21.9 Å². The van der Waals surface area contributed by atoms with Gasteiger partial charge < -0.3 is 5.11 Å². The molecule has 0 unspecified atom stereocenters. The zero-order valence-corrected chi connectivity index (χ0v) is 10.8. The van der Waals surface area contributed by atoms with E-state index in [2.05, 4.69) is 15.9 Å². The molecule has 0 bridgehead atoms. The van der Waals surface area contributed by atoms with Gasteiger partial charge in [-0.15, -0.1) is 0 Å². The summed E-state index contributed by atoms with van der Waals surface area (Å²) in [5.41, 5.74) is -2.37. The standard InChI is InChI=1S/C11H6BrFN2O4/c12-7-2-1-5(3-8(7)13)15-4-6(10(17)18)9(16)14-11(15)19/h1-4H,(H,17,18)(H,14,16,19). The zero-order valence-electron chi connectivity index (χ0n) is 9.18. The average Bonchev–Trinajstić information content (AvgIpc) is 2.32. The molecule has 2 rings (SSSR count). The van der Waals surface area contributed by atoms with Gasteiger partial charge in [0.25, 0.3) is 5.56 Å². The van der Waals surface area contributed by atoms with Gasteiger partial charge in [-0.05, 0) is 34.1 Å². The molecule has 6 nitrogen and oxygen atoms in total. The number of aromatic amines is 1. The van der Waals surface area contributed by atoms with Crippen LogP contribution >= 0.6 is 15.9 Å². The molecule has 0 atom stereocenters. The van der Waals surface area contributed by atoms with Gasteiger partial charge in [-0.3, -0.25) is 14.3 Å². The predicted molar refractivity (Wildman–Crippen MR) is 67.3 cm³/mol. The average molecular weight is 329 g/mol. The lowest BCUT2D eigenvalue weighted by Gasteiger charge is -2.06. The van der Waals surface area contributed by atoms with Gasteiger partial charge in [0.05, 0.1) is 10.2 Å². The van der Waals surface area contributed by atoms with E-state index in [0.29, 0.717) is 0 Å². The monoisotopic (exact) mass is 328 g/mol. The van der Waals surface area contributed by atoms with Crippen molar-refractivity contribution in [3.05, 3.63) is 61.1 Å². The number of nitrogens with one attached hydrogen (secondary N) is 1. The van der Waals surface area contributed by atoms with Crippen LogP contribution in [0.3, 0.4) is 0 Å². The zero-order chi connectivity index (χ0) is 14.2. The number of aromatic carboxylic acids is 1. The Morgan fingerprint density at radius 1 is 1.37 bits per heavy atom. The third-order valence-electron chi connectivity index (χ3n) is 2.35. The van der Waals surface area contributed by atoms with E-state index < -0.39 is 28.6 Å². The molecular formula is C11H6BrFN2O4. The second-order valence-electron chi connectivity index (χ2n) is 3.58. The van der Waals surface area contributed by atoms with Crippen molar-refractivity contribution in [1.29, 1.82) is 0 Å². The number of halogens is 2. The minimum atomic E-state index is -1.48. The van der Waals surface area contributed by atoms with Crippen molar-refractivity contribution in [2.24, 2.45) is 0 Å². The van der Waals surface area contributed by atoms with Crippen molar-refractivity contribution in [3.63, 3.8) is 0 Å². The molecule has 2 aromatic rings. The van der Waals surface area contributed by atoms with Crippen LogP contribution in [0.5, 0.6) is 0 Å². The third-order valence-corrected chi connectivity index (χ3v) is 3.00. The van der Waals surface area contributed by atoms with Crippen molar-refractivity contribution < 1.29 is 14.3 Å². The summed E-state index contributed by atoms with van der Waals surface area (Å²) in [6, 6.07) is 3.80. The van der Waals surface area contributed by atoms with E-state index in [0.717, 1.165) is 16.8 Å². The third kappa shape index (κ3) is 2.48. The highest BCUT2D eigenvalue weighted by Gasteiger charge is 2.13. The fraction of sp³-hybridized carbons (Fsp3) is 0. The summed E-state index contributed by atoms with van der Waals surface area (Å²) in [7, 11) is 0. The number of H-pyrrole nitrogens is 1. The minimum absolute atomic E-state index is 0.101. The van der Waals surface area contributed by atoms with Gasteiger partial charge >= 0.3 is 11.7 Å². The summed E-state index contributed by atoms with van der Waals surface area (Å²) in [6.07, 6.45) is 0.853. The van der Waals surface area contributed by atoms with Crippen molar-refractivity contribution in [3.8, 4) is 5.69 Å². The van der Waals surface area contributed by atoms with Crippen LogP contribution in [0.2, 0.25) is 0 Å². The molecule has 0 aliphatic rings. The molecule has 1 aromatic carbocycles. The molecule has 1 aromatic heterocycles. The normalized spacial score (nSPS) is 10.4. The fourth-order valence-electron chi connectivity index (χ4n) is 1.45. The van der Waals surface area contributed by atoms with Gasteiger partial charge in [-0.2, -0.15) is 0 Å². The molecule has 0 amide bonds. The Bertz CT molecular complexity index is 781. The Kier molecular flexibility index (Phi) is 3.34. The van der Waals surface area contributed by atoms with Gasteiger partial charge in [0.2, 0.25) is 0 Å². The number of carboxylic acids is 1. The van der Waals surface area contributed by atoms with Crippen LogP contribution in [0.4, 0.5) is 4.39 Å². The van der Waals surface area contributed by atoms with Gasteiger partial charge in [0.1, 0.15) is 11.4 Å². The summed E-state index contributed by atoms with van der Waals surface area (Å²) in [5.74, 6) is -2.10. The second-order valence-corrected chi connectivity index (χ2v) is 4.43. The molecule has 0 saturated heterocycles. The molecule has 2 N–H and O–H groups in total. The Morgan fingerprint density at radius 3 is 2.63 bits per heavy atom. The number of carboxylic acid groups (broad SMARTS) is 1. The molecule has 8 heteroatoms. The van der Waals surface area contributed by atoms with Gasteiger partial charge in [-0.25, -0.2) is 14.0 Å². The first-order valence-electron chi connectivity index (χ1n) is 4.95. The van der Waals surface area contributed by atoms with E-state index in [-0.39, 0.29) is 10.2 Å². The van der Waals surface area contributed by atoms with Crippen molar-refractivity contribution in [2.75, 3.05) is 0 Å². The lowest BCUT2D eigenvalue weighted by Crippen LogP contribution is -2.32. The first-order valence-corrected chi connectivity index (χ1v) is 5.74. The maximum Gasteiger partial charge on any atom is 0.342 e. The van der Waals surface area contributed by atoms with E-state index >= 15 is 0 Å². The van der Waals surface area contributed by atoms with Gasteiger partial charge in [0.15, 0.2) is 0 Å². The van der Waals surface area contributed by atoms with Crippen LogP contribution in [-0.2, 0) is 0 Å². The molecule has 98 valence electrons. The Labute approximate surface area is 113 Å². The number of aromatic nitrogens is 2. The molecule has 0 fully saturated rings. The maximum absolute atomic E-state index is 13.4. The number of nitrogens with zero attached hydrogens (tertiary/aromatic N) is 1.